The predicted molar refractivity (Wildman–Crippen MR) is 137 cm³/mol. The number of methoxy groups -OCH3 is 1. The van der Waals surface area contributed by atoms with E-state index in [1.54, 1.807) is 24.3 Å². The van der Waals surface area contributed by atoms with Crippen molar-refractivity contribution in [1.82, 2.24) is 0 Å². The number of amides is 2. The summed E-state index contributed by atoms with van der Waals surface area (Å²) in [5.74, 6) is 0.00937. The molecule has 4 aromatic rings. The summed E-state index contributed by atoms with van der Waals surface area (Å²) < 4.78 is 5.38. The number of fused-ring (bicyclic) bond motifs is 1. The maximum absolute atomic E-state index is 14.6. The number of hydrogen-bond donors (Lipinski definition) is 0. The van der Waals surface area contributed by atoms with Crippen molar-refractivity contribution in [3.8, 4) is 5.75 Å². The lowest BCUT2D eigenvalue weighted by atomic mass is 9.69. The van der Waals surface area contributed by atoms with Gasteiger partial charge in [0.25, 0.3) is 5.91 Å². The lowest BCUT2D eigenvalue weighted by molar-refractivity contribution is -0.126. The third-order valence-corrected chi connectivity index (χ3v) is 7.01. The molecule has 2 amide bonds. The van der Waals surface area contributed by atoms with Crippen molar-refractivity contribution in [2.75, 3.05) is 17.1 Å². The number of carbonyl (C=O) groups excluding carboxylic acids is 2. The Labute approximate surface area is 209 Å². The number of ether oxygens (including phenoxy) is 1. The van der Waals surface area contributed by atoms with Gasteiger partial charge in [-0.3, -0.25) is 14.4 Å². The molecule has 2 heterocycles. The van der Waals surface area contributed by atoms with Gasteiger partial charge in [-0.2, -0.15) is 0 Å². The van der Waals surface area contributed by atoms with E-state index in [0.717, 1.165) is 16.8 Å². The minimum atomic E-state index is -1.31. The van der Waals surface area contributed by atoms with Crippen molar-refractivity contribution in [1.29, 1.82) is 0 Å². The Kier molecular flexibility index (Phi) is 5.31. The highest BCUT2D eigenvalue weighted by Crippen LogP contribution is 2.57. The zero-order valence-corrected chi connectivity index (χ0v) is 19.7. The first-order chi connectivity index (χ1) is 17.7. The molecule has 6 rings (SSSR count). The monoisotopic (exact) mass is 476 g/mol. The van der Waals surface area contributed by atoms with Crippen LogP contribution in [0.3, 0.4) is 0 Å². The molecule has 2 aliphatic heterocycles. The number of benzene rings is 4. The standard InChI is InChI=1S/C30H24N2O4/c1-35-25-19-17-21(18-20-25)26-30(22-11-5-2-6-12-22)27(36-32(26)24-15-9-4-10-16-24)28(33)31(29(30)34)23-13-7-3-8-14-23/h2-20,26-27H,1H3/t26-,27+,30+/m0/s1. The summed E-state index contributed by atoms with van der Waals surface area (Å²) >= 11 is 0. The molecular formula is C30H24N2O4. The van der Waals surface area contributed by atoms with Gasteiger partial charge in [0.15, 0.2) is 6.10 Å². The topological polar surface area (TPSA) is 59.1 Å². The predicted octanol–water partition coefficient (Wildman–Crippen LogP) is 5.07. The average molecular weight is 477 g/mol. The summed E-state index contributed by atoms with van der Waals surface area (Å²) in [6.45, 7) is 0. The van der Waals surface area contributed by atoms with Crippen molar-refractivity contribution in [2.24, 2.45) is 0 Å². The molecule has 0 aromatic heterocycles. The molecule has 6 nitrogen and oxygen atoms in total. The maximum Gasteiger partial charge on any atom is 0.267 e. The van der Waals surface area contributed by atoms with Crippen LogP contribution in [0.5, 0.6) is 5.75 Å². The second-order valence-electron chi connectivity index (χ2n) is 8.87. The van der Waals surface area contributed by atoms with Crippen LogP contribution in [0.2, 0.25) is 0 Å². The minimum absolute atomic E-state index is 0.311. The van der Waals surface area contributed by atoms with Crippen LogP contribution < -0.4 is 14.7 Å². The molecule has 0 spiro atoms. The number of rotatable bonds is 5. The third kappa shape index (κ3) is 3.15. The summed E-state index contributed by atoms with van der Waals surface area (Å²) in [4.78, 5) is 36.3. The van der Waals surface area contributed by atoms with Gasteiger partial charge in [0.05, 0.1) is 18.5 Å². The highest BCUT2D eigenvalue weighted by molar-refractivity contribution is 6.28. The molecule has 0 unspecified atom stereocenters. The Morgan fingerprint density at radius 1 is 0.722 bits per heavy atom. The molecule has 0 aliphatic carbocycles. The van der Waals surface area contributed by atoms with E-state index >= 15 is 0 Å². The van der Waals surface area contributed by atoms with E-state index < -0.39 is 17.6 Å². The first kappa shape index (κ1) is 22.1. The molecule has 0 bridgehead atoms. The normalized spacial score (nSPS) is 23.1. The summed E-state index contributed by atoms with van der Waals surface area (Å²) in [5, 5.41) is 1.72. The maximum atomic E-state index is 14.6. The van der Waals surface area contributed by atoms with Gasteiger partial charge in [-0.15, -0.1) is 0 Å². The van der Waals surface area contributed by atoms with Gasteiger partial charge in [0.1, 0.15) is 17.2 Å². The third-order valence-electron chi connectivity index (χ3n) is 7.01. The fraction of sp³-hybridized carbons (Fsp3) is 0.133. The largest absolute Gasteiger partial charge is 0.497 e. The Balaban J connectivity index is 1.61. The van der Waals surface area contributed by atoms with E-state index in [1.165, 1.54) is 4.90 Å². The van der Waals surface area contributed by atoms with E-state index in [9.17, 15) is 9.59 Å². The van der Waals surface area contributed by atoms with E-state index in [4.69, 9.17) is 9.57 Å². The molecule has 2 aliphatic rings. The lowest BCUT2D eigenvalue weighted by Crippen LogP contribution is -2.46. The highest BCUT2D eigenvalue weighted by atomic mass is 16.7. The van der Waals surface area contributed by atoms with E-state index in [-0.39, 0.29) is 11.8 Å². The molecule has 2 fully saturated rings. The fourth-order valence-corrected chi connectivity index (χ4v) is 5.39. The number of imide groups is 1. The molecule has 4 aromatic carbocycles. The second kappa shape index (κ2) is 8.66. The van der Waals surface area contributed by atoms with Crippen LogP contribution in [0.4, 0.5) is 11.4 Å². The Morgan fingerprint density at radius 2 is 1.28 bits per heavy atom. The van der Waals surface area contributed by atoms with Crippen LogP contribution in [0, 0.1) is 0 Å². The van der Waals surface area contributed by atoms with E-state index in [0.29, 0.717) is 11.4 Å². The summed E-state index contributed by atoms with van der Waals surface area (Å²) in [5.41, 5.74) is 1.54. The number of nitrogens with zero attached hydrogens (tertiary/aromatic N) is 2. The lowest BCUT2D eigenvalue weighted by Gasteiger charge is -2.35. The van der Waals surface area contributed by atoms with E-state index in [2.05, 4.69) is 0 Å². The smallest absolute Gasteiger partial charge is 0.267 e. The first-order valence-corrected chi connectivity index (χ1v) is 11.8. The first-order valence-electron chi connectivity index (χ1n) is 11.8. The van der Waals surface area contributed by atoms with Crippen LogP contribution in [-0.2, 0) is 19.8 Å². The Bertz CT molecular complexity index is 1390. The van der Waals surface area contributed by atoms with Crippen molar-refractivity contribution in [2.45, 2.75) is 17.6 Å². The molecule has 0 saturated carbocycles. The van der Waals surface area contributed by atoms with Crippen LogP contribution in [-0.4, -0.2) is 25.0 Å². The van der Waals surface area contributed by atoms with Crippen molar-refractivity contribution < 1.29 is 19.2 Å². The van der Waals surface area contributed by atoms with Gasteiger partial charge >= 0.3 is 0 Å². The van der Waals surface area contributed by atoms with E-state index in [1.807, 2.05) is 103 Å². The number of carbonyl (C=O) groups is 2. The molecule has 36 heavy (non-hydrogen) atoms. The van der Waals surface area contributed by atoms with Crippen molar-refractivity contribution >= 4 is 23.2 Å². The number of hydrogen-bond acceptors (Lipinski definition) is 5. The molecule has 3 atom stereocenters. The SMILES string of the molecule is COc1ccc([C@@H]2N(c3ccccc3)O[C@@H]3C(=O)N(c4ccccc4)C(=O)[C@@]32c2ccccc2)cc1. The molecule has 0 radical (unpaired) electrons. The molecule has 2 saturated heterocycles. The highest BCUT2D eigenvalue weighted by Gasteiger charge is 2.72. The van der Waals surface area contributed by atoms with Gasteiger partial charge in [0.2, 0.25) is 5.91 Å². The molecule has 178 valence electrons. The quantitative estimate of drug-likeness (QED) is 0.377. The Hall–Kier alpha value is -4.42. The van der Waals surface area contributed by atoms with Crippen LogP contribution in [0.15, 0.2) is 115 Å². The summed E-state index contributed by atoms with van der Waals surface area (Å²) in [6, 6.07) is 35.1. The van der Waals surface area contributed by atoms with Gasteiger partial charge in [-0.25, -0.2) is 9.96 Å². The Morgan fingerprint density at radius 3 is 1.86 bits per heavy atom. The van der Waals surface area contributed by atoms with Gasteiger partial charge in [-0.1, -0.05) is 78.9 Å². The molecule has 0 N–H and O–H groups in total. The van der Waals surface area contributed by atoms with Gasteiger partial charge in [-0.05, 0) is 47.5 Å². The van der Waals surface area contributed by atoms with Crippen molar-refractivity contribution in [3.05, 3.63) is 126 Å². The van der Waals surface area contributed by atoms with Gasteiger partial charge < -0.3 is 4.74 Å². The summed E-state index contributed by atoms with van der Waals surface area (Å²) in [6.07, 6.45) is -1.04. The summed E-state index contributed by atoms with van der Waals surface area (Å²) in [7, 11) is 1.61. The number of anilines is 2. The van der Waals surface area contributed by atoms with Gasteiger partial charge in [0, 0.05) is 0 Å². The zero-order valence-electron chi connectivity index (χ0n) is 19.7. The minimum Gasteiger partial charge on any atom is -0.497 e. The van der Waals surface area contributed by atoms with Crippen LogP contribution in [0.1, 0.15) is 17.2 Å². The molecule has 6 heteroatoms. The van der Waals surface area contributed by atoms with Crippen LogP contribution in [0.25, 0.3) is 0 Å². The zero-order chi connectivity index (χ0) is 24.7. The number of hydroxylamine groups is 1. The number of para-hydroxylation sites is 2. The van der Waals surface area contributed by atoms with Crippen molar-refractivity contribution in [3.63, 3.8) is 0 Å². The molecular weight excluding hydrogens is 452 g/mol. The van der Waals surface area contributed by atoms with Crippen LogP contribution >= 0.6 is 0 Å². The second-order valence-corrected chi connectivity index (χ2v) is 8.87. The fourth-order valence-electron chi connectivity index (χ4n) is 5.39. The average Bonchev–Trinajstić information content (AvgIpc) is 3.41.